The molecule has 0 unspecified atom stereocenters. The summed E-state index contributed by atoms with van der Waals surface area (Å²) >= 11 is 0. The molecule has 0 saturated carbocycles. The van der Waals surface area contributed by atoms with Crippen molar-refractivity contribution in [2.45, 2.75) is 24.3 Å². The van der Waals surface area contributed by atoms with Crippen LogP contribution in [0.25, 0.3) is 0 Å². The van der Waals surface area contributed by atoms with Gasteiger partial charge in [0.2, 0.25) is 10.0 Å². The Morgan fingerprint density at radius 2 is 1.71 bits per heavy atom. The molecular formula is C23H22N4O6S2. The molecule has 0 bridgehead atoms. The molecule has 1 atom stereocenters. The third-order valence-corrected chi connectivity index (χ3v) is 8.48. The minimum Gasteiger partial charge on any atom is -0.284 e. The quantitative estimate of drug-likeness (QED) is 0.357. The SMILES string of the molecule is CCS(=O)(=O)Nc1cccc(C2=NN(S(=O)(=O)c3ccccc3)[C@H](c3cccc([N+](=O)[O-])c3)C2)c1. The maximum Gasteiger partial charge on any atom is 0.279 e. The van der Waals surface area contributed by atoms with Crippen molar-refractivity contribution >= 4 is 37.1 Å². The molecule has 0 radical (unpaired) electrons. The van der Waals surface area contributed by atoms with Gasteiger partial charge in [0.25, 0.3) is 15.7 Å². The van der Waals surface area contributed by atoms with Crippen LogP contribution in [0.2, 0.25) is 0 Å². The topological polar surface area (TPSA) is 139 Å². The summed E-state index contributed by atoms with van der Waals surface area (Å²) in [5.41, 5.74) is 1.51. The van der Waals surface area contributed by atoms with Gasteiger partial charge in [-0.25, -0.2) is 8.42 Å². The molecule has 12 heteroatoms. The van der Waals surface area contributed by atoms with Gasteiger partial charge in [-0.05, 0) is 42.3 Å². The van der Waals surface area contributed by atoms with Gasteiger partial charge in [0.05, 0.1) is 27.3 Å². The normalized spacial score (nSPS) is 16.1. The molecule has 1 heterocycles. The van der Waals surface area contributed by atoms with Crippen molar-refractivity contribution in [3.8, 4) is 0 Å². The molecule has 0 aromatic heterocycles. The van der Waals surface area contributed by atoms with Crippen LogP contribution in [-0.4, -0.2) is 37.6 Å². The van der Waals surface area contributed by atoms with Gasteiger partial charge in [-0.2, -0.15) is 17.9 Å². The predicted octanol–water partition coefficient (Wildman–Crippen LogP) is 3.90. The van der Waals surface area contributed by atoms with E-state index in [0.29, 0.717) is 22.5 Å². The summed E-state index contributed by atoms with van der Waals surface area (Å²) in [5.74, 6) is -0.101. The number of rotatable bonds is 8. The summed E-state index contributed by atoms with van der Waals surface area (Å²) in [6, 6.07) is 19.3. The highest BCUT2D eigenvalue weighted by Crippen LogP contribution is 2.38. The average Bonchev–Trinajstić information content (AvgIpc) is 3.31. The van der Waals surface area contributed by atoms with Crippen molar-refractivity contribution in [2.24, 2.45) is 5.10 Å². The number of hydrogen-bond acceptors (Lipinski definition) is 7. The van der Waals surface area contributed by atoms with E-state index < -0.39 is 31.0 Å². The largest absolute Gasteiger partial charge is 0.284 e. The van der Waals surface area contributed by atoms with Gasteiger partial charge in [-0.3, -0.25) is 14.8 Å². The minimum absolute atomic E-state index is 0.0323. The number of nitro benzene ring substituents is 1. The molecule has 1 aliphatic heterocycles. The minimum atomic E-state index is -4.09. The van der Waals surface area contributed by atoms with Crippen molar-refractivity contribution < 1.29 is 21.8 Å². The molecule has 0 fully saturated rings. The second kappa shape index (κ2) is 9.47. The number of hydrazone groups is 1. The van der Waals surface area contributed by atoms with E-state index in [4.69, 9.17) is 0 Å². The van der Waals surface area contributed by atoms with E-state index in [1.54, 1.807) is 48.5 Å². The highest BCUT2D eigenvalue weighted by atomic mass is 32.2. The average molecular weight is 515 g/mol. The van der Waals surface area contributed by atoms with Crippen molar-refractivity contribution in [1.29, 1.82) is 0 Å². The monoisotopic (exact) mass is 514 g/mol. The lowest BCUT2D eigenvalue weighted by Crippen LogP contribution is -2.27. The number of sulfonamides is 2. The zero-order valence-electron chi connectivity index (χ0n) is 18.6. The zero-order valence-corrected chi connectivity index (χ0v) is 20.2. The van der Waals surface area contributed by atoms with Crippen LogP contribution in [0.3, 0.4) is 0 Å². The van der Waals surface area contributed by atoms with Crippen molar-refractivity contribution in [3.63, 3.8) is 0 Å². The number of nitrogens with zero attached hydrogens (tertiary/aromatic N) is 3. The first kappa shape index (κ1) is 24.4. The summed E-state index contributed by atoms with van der Waals surface area (Å²) in [5, 5.41) is 15.7. The van der Waals surface area contributed by atoms with Gasteiger partial charge in [-0.15, -0.1) is 0 Å². The van der Waals surface area contributed by atoms with E-state index in [1.807, 2.05) is 0 Å². The molecular weight excluding hydrogens is 492 g/mol. The van der Waals surface area contributed by atoms with Gasteiger partial charge in [0.1, 0.15) is 0 Å². The first-order chi connectivity index (χ1) is 16.6. The summed E-state index contributed by atoms with van der Waals surface area (Å²) < 4.78 is 54.4. The third kappa shape index (κ3) is 5.17. The highest BCUT2D eigenvalue weighted by molar-refractivity contribution is 7.92. The molecule has 10 nitrogen and oxygen atoms in total. The maximum atomic E-state index is 13.5. The second-order valence-electron chi connectivity index (χ2n) is 7.80. The Balaban J connectivity index is 1.79. The molecule has 4 rings (SSSR count). The first-order valence-electron chi connectivity index (χ1n) is 10.6. The van der Waals surface area contributed by atoms with Crippen LogP contribution in [-0.2, 0) is 20.0 Å². The lowest BCUT2D eigenvalue weighted by molar-refractivity contribution is -0.384. The number of hydrogen-bond donors (Lipinski definition) is 1. The fourth-order valence-electron chi connectivity index (χ4n) is 3.69. The smallest absolute Gasteiger partial charge is 0.279 e. The number of non-ortho nitro benzene ring substituents is 1. The van der Waals surface area contributed by atoms with Crippen LogP contribution in [0.15, 0.2) is 88.9 Å². The lowest BCUT2D eigenvalue weighted by Gasteiger charge is -2.23. The van der Waals surface area contributed by atoms with E-state index >= 15 is 0 Å². The Hall–Kier alpha value is -3.77. The van der Waals surface area contributed by atoms with Crippen LogP contribution in [0.4, 0.5) is 11.4 Å². The maximum absolute atomic E-state index is 13.5. The third-order valence-electron chi connectivity index (χ3n) is 5.47. The zero-order chi connectivity index (χ0) is 25.2. The second-order valence-corrected chi connectivity index (χ2v) is 11.6. The summed E-state index contributed by atoms with van der Waals surface area (Å²) in [6.45, 7) is 1.52. The van der Waals surface area contributed by atoms with Gasteiger partial charge in [-0.1, -0.05) is 42.5 Å². The first-order valence-corrected chi connectivity index (χ1v) is 13.7. The van der Waals surface area contributed by atoms with Gasteiger partial charge in [0.15, 0.2) is 0 Å². The molecule has 3 aromatic rings. The van der Waals surface area contributed by atoms with Crippen LogP contribution in [0, 0.1) is 10.1 Å². The van der Waals surface area contributed by atoms with Gasteiger partial charge >= 0.3 is 0 Å². The molecule has 35 heavy (non-hydrogen) atoms. The number of anilines is 1. The summed E-state index contributed by atoms with van der Waals surface area (Å²) in [6.07, 6.45) is 0.136. The van der Waals surface area contributed by atoms with Gasteiger partial charge < -0.3 is 0 Å². The predicted molar refractivity (Wildman–Crippen MR) is 132 cm³/mol. The van der Waals surface area contributed by atoms with Crippen LogP contribution >= 0.6 is 0 Å². The van der Waals surface area contributed by atoms with Crippen molar-refractivity contribution in [3.05, 3.63) is 100 Å². The standard InChI is InChI=1S/C23H22N4O6S2/c1-2-34(30,31)25-19-10-6-8-17(14-19)22-16-23(18-9-7-11-20(15-18)27(28)29)26(24-22)35(32,33)21-12-4-3-5-13-21/h3-15,23,25H,2,16H2,1H3/t23-/m0/s1. The Labute approximate surface area is 203 Å². The van der Waals surface area contributed by atoms with E-state index in [1.165, 1.54) is 37.3 Å². The Bertz CT molecular complexity index is 1510. The number of nitrogens with one attached hydrogen (secondary N) is 1. The van der Waals surface area contributed by atoms with E-state index in [9.17, 15) is 26.9 Å². The molecule has 0 amide bonds. The van der Waals surface area contributed by atoms with Crippen LogP contribution < -0.4 is 4.72 Å². The van der Waals surface area contributed by atoms with E-state index in [2.05, 4.69) is 9.82 Å². The Kier molecular flexibility index (Phi) is 6.59. The highest BCUT2D eigenvalue weighted by Gasteiger charge is 2.38. The van der Waals surface area contributed by atoms with Crippen LogP contribution in [0.5, 0.6) is 0 Å². The molecule has 3 aromatic carbocycles. The van der Waals surface area contributed by atoms with E-state index in [0.717, 1.165) is 4.41 Å². The fourth-order valence-corrected chi connectivity index (χ4v) is 5.78. The molecule has 0 saturated heterocycles. The summed E-state index contributed by atoms with van der Waals surface area (Å²) in [4.78, 5) is 10.8. The Morgan fingerprint density at radius 3 is 2.40 bits per heavy atom. The number of nitro groups is 1. The summed E-state index contributed by atoms with van der Waals surface area (Å²) in [7, 11) is -7.60. The van der Waals surface area contributed by atoms with E-state index in [-0.39, 0.29) is 22.8 Å². The van der Waals surface area contributed by atoms with Crippen LogP contribution in [0.1, 0.15) is 30.5 Å². The molecule has 182 valence electrons. The van der Waals surface area contributed by atoms with Gasteiger partial charge in [0, 0.05) is 24.2 Å². The molecule has 1 N–H and O–H groups in total. The molecule has 0 aliphatic carbocycles. The molecule has 1 aliphatic rings. The Morgan fingerprint density at radius 1 is 1.00 bits per heavy atom. The van der Waals surface area contributed by atoms with Crippen molar-refractivity contribution in [1.82, 2.24) is 4.41 Å². The van der Waals surface area contributed by atoms with Crippen molar-refractivity contribution in [2.75, 3.05) is 10.5 Å². The number of benzene rings is 3. The molecule has 0 spiro atoms. The lowest BCUT2D eigenvalue weighted by atomic mass is 9.98. The fraction of sp³-hybridized carbons (Fsp3) is 0.174.